The molecule has 0 saturated heterocycles. The molecule has 2 N–H and O–H groups in total. The van der Waals surface area contributed by atoms with Crippen LogP contribution in [0.3, 0.4) is 0 Å². The number of thiophene rings is 1. The van der Waals surface area contributed by atoms with Crippen molar-refractivity contribution in [1.29, 1.82) is 0 Å². The number of aryl methyl sites for hydroxylation is 2. The van der Waals surface area contributed by atoms with Crippen molar-refractivity contribution in [3.8, 4) is 0 Å². The summed E-state index contributed by atoms with van der Waals surface area (Å²) < 4.78 is 26.8. The van der Waals surface area contributed by atoms with Gasteiger partial charge in [0, 0.05) is 7.05 Å². The molecule has 2 aromatic rings. The minimum absolute atomic E-state index is 0.204. The Balaban J connectivity index is 2.44. The molecule has 0 saturated carbocycles. The van der Waals surface area contributed by atoms with Crippen LogP contribution in [0.25, 0.3) is 0 Å². The van der Waals surface area contributed by atoms with E-state index in [9.17, 15) is 8.42 Å². The normalized spacial score (nSPS) is 11.4. The highest BCUT2D eigenvalue weighted by Gasteiger charge is 2.24. The molecule has 2 rings (SSSR count). The number of hydrogen-bond acceptors (Lipinski definition) is 4. The minimum atomic E-state index is -3.60. The summed E-state index contributed by atoms with van der Waals surface area (Å²) in [6, 6.07) is 8.85. The number of anilines is 1. The van der Waals surface area contributed by atoms with E-state index < -0.39 is 10.0 Å². The highest BCUT2D eigenvalue weighted by atomic mass is 32.2. The van der Waals surface area contributed by atoms with Gasteiger partial charge in [-0.15, -0.1) is 11.3 Å². The minimum Gasteiger partial charge on any atom is -0.389 e. The Labute approximate surface area is 134 Å². The summed E-state index contributed by atoms with van der Waals surface area (Å²) in [6.45, 7) is 3.88. The van der Waals surface area contributed by atoms with E-state index in [0.717, 1.165) is 22.5 Å². The topological polar surface area (TPSA) is 63.4 Å². The van der Waals surface area contributed by atoms with Crippen molar-refractivity contribution in [2.45, 2.75) is 18.1 Å². The Hall–Kier alpha value is -1.44. The van der Waals surface area contributed by atoms with Gasteiger partial charge < -0.3 is 5.73 Å². The molecule has 7 heteroatoms. The average Bonchev–Trinajstić information content (AvgIpc) is 2.86. The fourth-order valence-electron chi connectivity index (χ4n) is 2.00. The van der Waals surface area contributed by atoms with Gasteiger partial charge in [0.2, 0.25) is 0 Å². The Morgan fingerprint density at radius 3 is 2.24 bits per heavy atom. The summed E-state index contributed by atoms with van der Waals surface area (Å²) in [7, 11) is -2.06. The molecular formula is C14H16N2O2S3. The fraction of sp³-hybridized carbons (Fsp3) is 0.214. The Morgan fingerprint density at radius 2 is 1.76 bits per heavy atom. The van der Waals surface area contributed by atoms with Gasteiger partial charge in [-0.1, -0.05) is 18.3 Å². The van der Waals surface area contributed by atoms with Crippen LogP contribution in [-0.2, 0) is 10.0 Å². The van der Waals surface area contributed by atoms with Crippen molar-refractivity contribution in [1.82, 2.24) is 0 Å². The number of thiocarbonyl (C=S) groups is 1. The maximum absolute atomic E-state index is 12.6. The van der Waals surface area contributed by atoms with Gasteiger partial charge in [0.15, 0.2) is 0 Å². The smallest absolute Gasteiger partial charge is 0.273 e. The van der Waals surface area contributed by atoms with E-state index in [1.54, 1.807) is 13.1 Å². The molecule has 112 valence electrons. The molecule has 4 nitrogen and oxygen atoms in total. The molecule has 0 amide bonds. The molecule has 0 spiro atoms. The van der Waals surface area contributed by atoms with E-state index >= 15 is 0 Å². The van der Waals surface area contributed by atoms with E-state index in [-0.39, 0.29) is 9.20 Å². The van der Waals surface area contributed by atoms with Gasteiger partial charge in [-0.05, 0) is 49.2 Å². The van der Waals surface area contributed by atoms with Crippen LogP contribution in [0.4, 0.5) is 5.69 Å². The first kappa shape index (κ1) is 15.9. The molecule has 0 atom stereocenters. The lowest BCUT2D eigenvalue weighted by atomic mass is 10.1. The first-order valence-corrected chi connectivity index (χ1v) is 8.85. The zero-order chi connectivity index (χ0) is 15.8. The van der Waals surface area contributed by atoms with Crippen LogP contribution in [0, 0.1) is 13.8 Å². The van der Waals surface area contributed by atoms with E-state index in [1.165, 1.54) is 10.4 Å². The molecular weight excluding hydrogens is 324 g/mol. The van der Waals surface area contributed by atoms with Crippen molar-refractivity contribution in [2.24, 2.45) is 5.73 Å². The second-order valence-corrected chi connectivity index (χ2v) is 8.52. The van der Waals surface area contributed by atoms with Gasteiger partial charge in [0.05, 0.1) is 10.6 Å². The highest BCUT2D eigenvalue weighted by molar-refractivity contribution is 7.94. The van der Waals surface area contributed by atoms with E-state index in [4.69, 9.17) is 18.0 Å². The van der Waals surface area contributed by atoms with Crippen molar-refractivity contribution < 1.29 is 8.42 Å². The van der Waals surface area contributed by atoms with Gasteiger partial charge in [-0.25, -0.2) is 8.42 Å². The molecule has 1 aromatic heterocycles. The molecule has 0 aliphatic rings. The summed E-state index contributed by atoms with van der Waals surface area (Å²) in [5, 5.41) is 0. The van der Waals surface area contributed by atoms with Crippen LogP contribution in [0.5, 0.6) is 0 Å². The van der Waals surface area contributed by atoms with Gasteiger partial charge >= 0.3 is 0 Å². The third kappa shape index (κ3) is 3.25. The Morgan fingerprint density at radius 1 is 1.19 bits per heavy atom. The molecule has 21 heavy (non-hydrogen) atoms. The van der Waals surface area contributed by atoms with Gasteiger partial charge in [0.25, 0.3) is 10.0 Å². The van der Waals surface area contributed by atoms with Crippen LogP contribution >= 0.6 is 23.6 Å². The van der Waals surface area contributed by atoms with Crippen molar-refractivity contribution in [3.63, 3.8) is 0 Å². The number of nitrogens with zero attached hydrogens (tertiary/aromatic N) is 1. The average molecular weight is 340 g/mol. The first-order chi connectivity index (χ1) is 9.71. The summed E-state index contributed by atoms with van der Waals surface area (Å²) in [5.41, 5.74) is 8.20. The zero-order valence-corrected chi connectivity index (χ0v) is 14.4. The van der Waals surface area contributed by atoms with E-state index in [2.05, 4.69) is 0 Å². The van der Waals surface area contributed by atoms with Crippen molar-refractivity contribution in [3.05, 3.63) is 46.3 Å². The molecule has 0 bridgehead atoms. The lowest BCUT2D eigenvalue weighted by molar-refractivity contribution is 0.596. The molecule has 0 unspecified atom stereocenters. The highest BCUT2D eigenvalue weighted by Crippen LogP contribution is 2.28. The van der Waals surface area contributed by atoms with Crippen LogP contribution in [-0.4, -0.2) is 20.5 Å². The maximum atomic E-state index is 12.6. The van der Waals surface area contributed by atoms with E-state index in [0.29, 0.717) is 10.6 Å². The second-order valence-electron chi connectivity index (χ2n) is 4.80. The number of hydrogen-bond donors (Lipinski definition) is 1. The maximum Gasteiger partial charge on any atom is 0.273 e. The standard InChI is InChI=1S/C14H16N2O2S3/c1-9-6-10(2)8-11(7-9)16(3)21(17,18)13-5-4-12(20-13)14(15)19/h4-8H,1-3H3,(H2,15,19). The molecule has 0 aliphatic carbocycles. The Kier molecular flexibility index (Phi) is 4.36. The summed E-state index contributed by atoms with van der Waals surface area (Å²) in [6.07, 6.45) is 0. The quantitative estimate of drug-likeness (QED) is 0.869. The van der Waals surface area contributed by atoms with Crippen LogP contribution in [0.1, 0.15) is 16.0 Å². The zero-order valence-electron chi connectivity index (χ0n) is 12.0. The Bertz CT molecular complexity index is 774. The second kappa shape index (κ2) is 5.75. The van der Waals surface area contributed by atoms with E-state index in [1.807, 2.05) is 32.0 Å². The molecule has 1 heterocycles. The fourth-order valence-corrected chi connectivity index (χ4v) is 4.70. The molecule has 0 fully saturated rings. The van der Waals surface area contributed by atoms with Gasteiger partial charge in [-0.3, -0.25) is 4.31 Å². The van der Waals surface area contributed by atoms with Crippen LogP contribution < -0.4 is 10.0 Å². The predicted molar refractivity (Wildman–Crippen MR) is 91.7 cm³/mol. The SMILES string of the molecule is Cc1cc(C)cc(N(C)S(=O)(=O)c2ccc(C(N)=S)s2)c1. The summed E-state index contributed by atoms with van der Waals surface area (Å²) in [4.78, 5) is 0.799. The van der Waals surface area contributed by atoms with Crippen LogP contribution in [0.2, 0.25) is 0 Å². The first-order valence-electron chi connectivity index (χ1n) is 6.18. The monoisotopic (exact) mass is 340 g/mol. The number of rotatable bonds is 4. The third-order valence-electron chi connectivity index (χ3n) is 3.01. The number of sulfonamides is 1. The summed E-state index contributed by atoms with van der Waals surface area (Å²) >= 11 is 5.95. The largest absolute Gasteiger partial charge is 0.389 e. The van der Waals surface area contributed by atoms with Crippen molar-refractivity contribution in [2.75, 3.05) is 11.4 Å². The predicted octanol–water partition coefficient (Wildman–Crippen LogP) is 2.82. The number of nitrogens with two attached hydrogens (primary N) is 1. The molecule has 0 aliphatic heterocycles. The van der Waals surface area contributed by atoms with Gasteiger partial charge in [-0.2, -0.15) is 0 Å². The van der Waals surface area contributed by atoms with Crippen LogP contribution in [0.15, 0.2) is 34.5 Å². The lowest BCUT2D eigenvalue weighted by Crippen LogP contribution is -2.26. The van der Waals surface area contributed by atoms with Gasteiger partial charge in [0.1, 0.15) is 9.20 Å². The van der Waals surface area contributed by atoms with Crippen molar-refractivity contribution >= 4 is 44.3 Å². The molecule has 1 aromatic carbocycles. The number of benzene rings is 1. The third-order valence-corrected chi connectivity index (χ3v) is 6.73. The lowest BCUT2D eigenvalue weighted by Gasteiger charge is -2.19. The summed E-state index contributed by atoms with van der Waals surface area (Å²) in [5.74, 6) is 0. The molecule has 0 radical (unpaired) electrons.